The maximum atomic E-state index is 14.6. The summed E-state index contributed by atoms with van der Waals surface area (Å²) in [7, 11) is 0. The molecular formula is C25H26FN5OS2. The van der Waals surface area contributed by atoms with Gasteiger partial charge in [0.25, 0.3) is 0 Å². The molecule has 1 aromatic carbocycles. The first kappa shape index (κ1) is 23.1. The minimum atomic E-state index is -0.327. The number of hydrogen-bond acceptors (Lipinski definition) is 6. The highest BCUT2D eigenvalue weighted by Crippen LogP contribution is 2.38. The van der Waals surface area contributed by atoms with E-state index in [2.05, 4.69) is 21.6 Å². The van der Waals surface area contributed by atoms with Crippen LogP contribution in [-0.4, -0.2) is 26.4 Å². The number of anilines is 1. The van der Waals surface area contributed by atoms with Crippen molar-refractivity contribution in [2.24, 2.45) is 0 Å². The van der Waals surface area contributed by atoms with Crippen LogP contribution < -0.4 is 5.32 Å². The number of amides is 1. The van der Waals surface area contributed by atoms with Crippen molar-refractivity contribution in [1.29, 1.82) is 5.26 Å². The van der Waals surface area contributed by atoms with E-state index in [0.717, 1.165) is 56.9 Å². The van der Waals surface area contributed by atoms with Gasteiger partial charge >= 0.3 is 0 Å². The first-order chi connectivity index (χ1) is 16.7. The van der Waals surface area contributed by atoms with Gasteiger partial charge < -0.3 is 5.32 Å². The first-order valence-corrected chi connectivity index (χ1v) is 13.6. The van der Waals surface area contributed by atoms with Crippen LogP contribution in [0.25, 0.3) is 11.4 Å². The lowest BCUT2D eigenvalue weighted by Gasteiger charge is -2.25. The van der Waals surface area contributed by atoms with Crippen LogP contribution in [-0.2, 0) is 17.6 Å². The molecular weight excluding hydrogens is 469 g/mol. The number of carbonyl (C=O) groups excluding carboxylic acids is 1. The summed E-state index contributed by atoms with van der Waals surface area (Å²) in [6, 6.07) is 9.10. The fourth-order valence-electron chi connectivity index (χ4n) is 4.94. The summed E-state index contributed by atoms with van der Waals surface area (Å²) in [5.74, 6) is 0.165. The number of thioether (sulfide) groups is 1. The van der Waals surface area contributed by atoms with Crippen LogP contribution in [0.4, 0.5) is 9.39 Å². The molecule has 2 aliphatic carbocycles. The third-order valence-corrected chi connectivity index (χ3v) is 8.74. The summed E-state index contributed by atoms with van der Waals surface area (Å²) in [5, 5.41) is 22.6. The Balaban J connectivity index is 1.36. The highest BCUT2D eigenvalue weighted by molar-refractivity contribution is 7.99. The van der Waals surface area contributed by atoms with Crippen LogP contribution in [0.5, 0.6) is 0 Å². The molecule has 2 heterocycles. The molecule has 6 nitrogen and oxygen atoms in total. The molecule has 5 rings (SSSR count). The number of nitriles is 1. The third-order valence-electron chi connectivity index (χ3n) is 6.59. The lowest BCUT2D eigenvalue weighted by atomic mass is 9.95. The summed E-state index contributed by atoms with van der Waals surface area (Å²) in [6.07, 6.45) is 9.51. The second kappa shape index (κ2) is 10.3. The molecule has 1 fully saturated rings. The van der Waals surface area contributed by atoms with Crippen molar-refractivity contribution in [2.75, 3.05) is 11.1 Å². The Bertz CT molecular complexity index is 1240. The smallest absolute Gasteiger partial charge is 0.235 e. The van der Waals surface area contributed by atoms with Crippen LogP contribution in [0.2, 0.25) is 0 Å². The van der Waals surface area contributed by atoms with Gasteiger partial charge in [0.2, 0.25) is 5.91 Å². The SMILES string of the molecule is N#Cc1c(NC(=O)CSc2nnc(-c3ccccc3F)n2C2CCCCC2)sc2c1CCCC2. The molecule has 0 unspecified atom stereocenters. The zero-order valence-corrected chi connectivity index (χ0v) is 20.5. The summed E-state index contributed by atoms with van der Waals surface area (Å²) < 4.78 is 16.6. The maximum absolute atomic E-state index is 14.6. The monoisotopic (exact) mass is 495 g/mol. The third kappa shape index (κ3) is 4.62. The lowest BCUT2D eigenvalue weighted by molar-refractivity contribution is -0.113. The Morgan fingerprint density at radius 2 is 1.97 bits per heavy atom. The normalized spacial score (nSPS) is 16.1. The predicted octanol–water partition coefficient (Wildman–Crippen LogP) is 6.13. The van der Waals surface area contributed by atoms with Crippen molar-refractivity contribution in [3.63, 3.8) is 0 Å². The molecule has 1 amide bonds. The minimum Gasteiger partial charge on any atom is -0.316 e. The molecule has 2 aliphatic rings. The molecule has 0 saturated heterocycles. The number of thiophene rings is 1. The van der Waals surface area contributed by atoms with Crippen molar-refractivity contribution in [1.82, 2.24) is 14.8 Å². The number of carbonyl (C=O) groups is 1. The van der Waals surface area contributed by atoms with Gasteiger partial charge in [-0.1, -0.05) is 43.2 Å². The summed E-state index contributed by atoms with van der Waals surface area (Å²) in [6.45, 7) is 0. The number of nitrogens with one attached hydrogen (secondary N) is 1. The van der Waals surface area contributed by atoms with E-state index in [1.165, 1.54) is 40.5 Å². The second-order valence-corrected chi connectivity index (χ2v) is 10.9. The molecule has 0 atom stereocenters. The summed E-state index contributed by atoms with van der Waals surface area (Å²) in [4.78, 5) is 14.1. The van der Waals surface area contributed by atoms with Gasteiger partial charge in [-0.2, -0.15) is 5.26 Å². The number of hydrogen-bond donors (Lipinski definition) is 1. The van der Waals surface area contributed by atoms with E-state index in [-0.39, 0.29) is 23.5 Å². The fourth-order valence-corrected chi connectivity index (χ4v) is 7.00. The number of benzene rings is 1. The fraction of sp³-hybridized carbons (Fsp3) is 0.440. The van der Waals surface area contributed by atoms with Gasteiger partial charge in [-0.05, 0) is 56.2 Å². The number of aromatic nitrogens is 3. The van der Waals surface area contributed by atoms with E-state index in [1.807, 2.05) is 4.57 Å². The molecule has 34 heavy (non-hydrogen) atoms. The van der Waals surface area contributed by atoms with E-state index < -0.39 is 0 Å². The average Bonchev–Trinajstić information content (AvgIpc) is 3.44. The van der Waals surface area contributed by atoms with Gasteiger partial charge in [-0.15, -0.1) is 21.5 Å². The van der Waals surface area contributed by atoms with Crippen LogP contribution in [0, 0.1) is 17.1 Å². The van der Waals surface area contributed by atoms with Gasteiger partial charge in [0.05, 0.1) is 16.9 Å². The van der Waals surface area contributed by atoms with E-state index in [4.69, 9.17) is 0 Å². The Kier molecular flexibility index (Phi) is 6.97. The first-order valence-electron chi connectivity index (χ1n) is 11.8. The van der Waals surface area contributed by atoms with Gasteiger partial charge in [0.15, 0.2) is 11.0 Å². The Hall–Kier alpha value is -2.70. The van der Waals surface area contributed by atoms with Crippen molar-refractivity contribution >= 4 is 34.0 Å². The maximum Gasteiger partial charge on any atom is 0.235 e. The van der Waals surface area contributed by atoms with Gasteiger partial charge in [0, 0.05) is 10.9 Å². The molecule has 1 N–H and O–H groups in total. The molecule has 0 radical (unpaired) electrons. The van der Waals surface area contributed by atoms with Crippen molar-refractivity contribution in [2.45, 2.75) is 69.0 Å². The van der Waals surface area contributed by atoms with Crippen molar-refractivity contribution < 1.29 is 9.18 Å². The van der Waals surface area contributed by atoms with Crippen molar-refractivity contribution in [3.8, 4) is 17.5 Å². The molecule has 176 valence electrons. The Morgan fingerprint density at radius 3 is 2.76 bits per heavy atom. The molecule has 0 spiro atoms. The average molecular weight is 496 g/mol. The molecule has 0 bridgehead atoms. The summed E-state index contributed by atoms with van der Waals surface area (Å²) in [5.41, 5.74) is 2.15. The largest absolute Gasteiger partial charge is 0.316 e. The van der Waals surface area contributed by atoms with Crippen LogP contribution >= 0.6 is 23.1 Å². The predicted molar refractivity (Wildman–Crippen MR) is 133 cm³/mol. The van der Waals surface area contributed by atoms with Crippen LogP contribution in [0.3, 0.4) is 0 Å². The van der Waals surface area contributed by atoms with Gasteiger partial charge in [-0.25, -0.2) is 4.39 Å². The zero-order valence-electron chi connectivity index (χ0n) is 18.8. The Morgan fingerprint density at radius 1 is 1.18 bits per heavy atom. The number of fused-ring (bicyclic) bond motifs is 1. The van der Waals surface area contributed by atoms with Crippen molar-refractivity contribution in [3.05, 3.63) is 46.1 Å². The van der Waals surface area contributed by atoms with Gasteiger partial charge in [0.1, 0.15) is 16.9 Å². The number of halogens is 1. The number of aryl methyl sites for hydroxylation is 1. The topological polar surface area (TPSA) is 83.6 Å². The van der Waals surface area contributed by atoms with E-state index in [0.29, 0.717) is 27.1 Å². The van der Waals surface area contributed by atoms with E-state index in [1.54, 1.807) is 18.2 Å². The van der Waals surface area contributed by atoms with Crippen LogP contribution in [0.1, 0.15) is 67.0 Å². The van der Waals surface area contributed by atoms with E-state index >= 15 is 0 Å². The molecule has 0 aliphatic heterocycles. The molecule has 2 aromatic heterocycles. The highest BCUT2D eigenvalue weighted by atomic mass is 32.2. The minimum absolute atomic E-state index is 0.148. The molecule has 3 aromatic rings. The molecule has 1 saturated carbocycles. The standard InChI is InChI=1S/C25H26FN5OS2/c26-20-12-6-4-11-18(20)23-29-30-25(31(23)16-8-2-1-3-9-16)33-15-22(32)28-24-19(14-27)17-10-5-7-13-21(17)34-24/h4,6,11-12,16H,1-3,5,7-10,13,15H2,(H,28,32). The van der Waals surface area contributed by atoms with Crippen LogP contribution in [0.15, 0.2) is 29.4 Å². The lowest BCUT2D eigenvalue weighted by Crippen LogP contribution is -2.17. The number of nitrogens with zero attached hydrogens (tertiary/aromatic N) is 4. The highest BCUT2D eigenvalue weighted by Gasteiger charge is 2.26. The summed E-state index contributed by atoms with van der Waals surface area (Å²) >= 11 is 2.84. The van der Waals surface area contributed by atoms with E-state index in [9.17, 15) is 14.4 Å². The Labute approximate surface area is 206 Å². The second-order valence-electron chi connectivity index (χ2n) is 8.81. The zero-order chi connectivity index (χ0) is 23.5. The quantitative estimate of drug-likeness (QED) is 0.416. The number of rotatable bonds is 6. The van der Waals surface area contributed by atoms with Gasteiger partial charge in [-0.3, -0.25) is 9.36 Å². The molecule has 9 heteroatoms.